The lowest BCUT2D eigenvalue weighted by molar-refractivity contribution is -0.0600. The highest BCUT2D eigenvalue weighted by molar-refractivity contribution is 5.92. The van der Waals surface area contributed by atoms with Gasteiger partial charge in [-0.05, 0) is 24.6 Å². The third kappa shape index (κ3) is 1.74. The molecule has 1 aliphatic heterocycles. The molecule has 0 radical (unpaired) electrons. The lowest BCUT2D eigenvalue weighted by Gasteiger charge is -2.26. The minimum atomic E-state index is -1.04. The maximum atomic E-state index is 13.7. The van der Waals surface area contributed by atoms with Crippen LogP contribution in [-0.4, -0.2) is 33.3 Å². The van der Waals surface area contributed by atoms with E-state index < -0.39 is 12.0 Å². The van der Waals surface area contributed by atoms with E-state index in [1.807, 2.05) is 0 Å². The highest BCUT2D eigenvalue weighted by Crippen LogP contribution is 2.21. The number of carboxylic acids is 1. The Morgan fingerprint density at radius 3 is 3.00 bits per heavy atom. The Bertz CT molecular complexity index is 619. The van der Waals surface area contributed by atoms with Crippen molar-refractivity contribution < 1.29 is 19.0 Å². The number of carbonyl (C=O) groups is 1. The number of halogens is 1. The summed E-state index contributed by atoms with van der Waals surface area (Å²) in [5.74, 6) is -1.04. The highest BCUT2D eigenvalue weighted by Gasteiger charge is 2.22. The van der Waals surface area contributed by atoms with Crippen molar-refractivity contribution in [1.29, 1.82) is 0 Å². The van der Waals surface area contributed by atoms with Crippen LogP contribution >= 0.6 is 0 Å². The van der Waals surface area contributed by atoms with Gasteiger partial charge >= 0.3 is 5.97 Å². The quantitative estimate of drug-likeness (QED) is 0.899. The molecule has 3 rings (SSSR count). The van der Waals surface area contributed by atoms with Gasteiger partial charge in [-0.1, -0.05) is 0 Å². The average molecular weight is 250 g/mol. The number of fused-ring (bicyclic) bond motifs is 1. The summed E-state index contributed by atoms with van der Waals surface area (Å²) in [4.78, 5) is 14.7. The van der Waals surface area contributed by atoms with E-state index >= 15 is 0 Å². The molecule has 1 atom stereocenters. The van der Waals surface area contributed by atoms with Gasteiger partial charge in [0, 0.05) is 6.61 Å². The van der Waals surface area contributed by atoms with E-state index in [2.05, 4.69) is 4.98 Å². The van der Waals surface area contributed by atoms with E-state index in [0.29, 0.717) is 24.2 Å². The summed E-state index contributed by atoms with van der Waals surface area (Å²) in [6, 6.07) is 4.37. The summed E-state index contributed by atoms with van der Waals surface area (Å²) in [7, 11) is 0. The number of aromatic nitrogens is 2. The van der Waals surface area contributed by atoms with Crippen molar-refractivity contribution in [2.24, 2.45) is 0 Å². The van der Waals surface area contributed by atoms with Crippen LogP contribution in [0.3, 0.4) is 0 Å². The molecule has 0 unspecified atom stereocenters. The molecule has 1 aliphatic rings. The first-order chi connectivity index (χ1) is 8.65. The maximum absolute atomic E-state index is 13.7. The molecule has 5 nitrogen and oxygen atoms in total. The number of hydrogen-bond acceptors (Lipinski definition) is 3. The lowest BCUT2D eigenvalue weighted by Crippen LogP contribution is -2.31. The van der Waals surface area contributed by atoms with Crippen molar-refractivity contribution in [2.45, 2.75) is 19.1 Å². The first-order valence-electron chi connectivity index (χ1n) is 5.66. The number of rotatable bonds is 3. The van der Waals surface area contributed by atoms with Crippen LogP contribution in [0, 0.1) is 6.08 Å². The smallest absolute Gasteiger partial charge is 0.335 e. The summed E-state index contributed by atoms with van der Waals surface area (Å²) in [5, 5.41) is 8.93. The van der Waals surface area contributed by atoms with Gasteiger partial charge in [-0.25, -0.2) is 9.78 Å². The van der Waals surface area contributed by atoms with Crippen molar-refractivity contribution in [3.8, 4) is 0 Å². The number of imidazole rings is 1. The van der Waals surface area contributed by atoms with Crippen LogP contribution in [0.2, 0.25) is 0 Å². The molecule has 94 valence electrons. The van der Waals surface area contributed by atoms with Gasteiger partial charge in [0.25, 0.3) is 6.08 Å². The van der Waals surface area contributed by atoms with Gasteiger partial charge in [-0.15, -0.1) is 0 Å². The van der Waals surface area contributed by atoms with E-state index in [-0.39, 0.29) is 11.7 Å². The average Bonchev–Trinajstić information content (AvgIpc) is 2.58. The third-order valence-corrected chi connectivity index (χ3v) is 3.13. The topological polar surface area (TPSA) is 64.3 Å². The minimum Gasteiger partial charge on any atom is -0.478 e. The van der Waals surface area contributed by atoms with Crippen LogP contribution in [0.25, 0.3) is 11.0 Å². The molecule has 0 saturated carbocycles. The number of benzene rings is 1. The second-order valence-electron chi connectivity index (χ2n) is 4.28. The molecule has 2 heterocycles. The van der Waals surface area contributed by atoms with Crippen LogP contribution in [0.1, 0.15) is 16.8 Å². The van der Waals surface area contributed by atoms with Crippen LogP contribution in [0.4, 0.5) is 4.39 Å². The van der Waals surface area contributed by atoms with Crippen LogP contribution < -0.4 is 0 Å². The predicted octanol–water partition coefficient (Wildman–Crippen LogP) is 1.66. The lowest BCUT2D eigenvalue weighted by atomic mass is 10.1. The molecular formula is C12H11FN2O3. The Balaban J connectivity index is 2.06. The summed E-state index contributed by atoms with van der Waals surface area (Å²) in [5.41, 5.74) is 1.07. The van der Waals surface area contributed by atoms with Gasteiger partial charge in [0.05, 0.1) is 29.2 Å². The summed E-state index contributed by atoms with van der Waals surface area (Å²) < 4.78 is 20.3. The molecule has 2 aromatic rings. The molecule has 1 aromatic carbocycles. The van der Waals surface area contributed by atoms with Crippen LogP contribution in [0.5, 0.6) is 0 Å². The second-order valence-corrected chi connectivity index (χ2v) is 4.28. The van der Waals surface area contributed by atoms with Crippen molar-refractivity contribution in [2.75, 3.05) is 6.61 Å². The SMILES string of the molecule is O=C(O)c1ccc2nc(F)n(C[C@@H]3CCO3)c2c1. The van der Waals surface area contributed by atoms with Gasteiger partial charge < -0.3 is 9.84 Å². The Kier molecular flexibility index (Phi) is 2.52. The number of carboxylic acid groups (broad SMARTS) is 1. The number of nitrogens with zero attached hydrogens (tertiary/aromatic N) is 2. The fraction of sp³-hybridized carbons (Fsp3) is 0.333. The molecule has 18 heavy (non-hydrogen) atoms. The Morgan fingerprint density at radius 1 is 1.61 bits per heavy atom. The largest absolute Gasteiger partial charge is 0.478 e. The fourth-order valence-corrected chi connectivity index (χ4v) is 2.03. The van der Waals surface area contributed by atoms with E-state index in [9.17, 15) is 9.18 Å². The predicted molar refractivity (Wildman–Crippen MR) is 61.0 cm³/mol. The molecule has 1 saturated heterocycles. The van der Waals surface area contributed by atoms with Gasteiger partial charge in [-0.3, -0.25) is 4.57 Å². The summed E-state index contributed by atoms with van der Waals surface area (Å²) >= 11 is 0. The summed E-state index contributed by atoms with van der Waals surface area (Å²) in [6.07, 6.45) is 0.269. The van der Waals surface area contributed by atoms with Crippen molar-refractivity contribution in [3.05, 3.63) is 29.8 Å². The molecule has 6 heteroatoms. The molecule has 1 fully saturated rings. The van der Waals surface area contributed by atoms with Crippen molar-refractivity contribution >= 4 is 17.0 Å². The monoisotopic (exact) mass is 250 g/mol. The van der Waals surface area contributed by atoms with Gasteiger partial charge in [0.1, 0.15) is 0 Å². The molecule has 0 spiro atoms. The van der Waals surface area contributed by atoms with Gasteiger partial charge in [0.2, 0.25) is 0 Å². The molecule has 0 bridgehead atoms. The normalized spacial score (nSPS) is 18.8. The van der Waals surface area contributed by atoms with E-state index in [1.165, 1.54) is 22.8 Å². The zero-order valence-corrected chi connectivity index (χ0v) is 9.47. The summed E-state index contributed by atoms with van der Waals surface area (Å²) in [6.45, 7) is 1.06. The molecule has 1 N–H and O–H groups in total. The first-order valence-corrected chi connectivity index (χ1v) is 5.66. The number of ether oxygens (including phenoxy) is 1. The standard InChI is InChI=1S/C12H11FN2O3/c13-12-14-9-2-1-7(11(16)17)5-10(9)15(12)6-8-3-4-18-8/h1-2,5,8H,3-4,6H2,(H,16,17)/t8-/m0/s1. The maximum Gasteiger partial charge on any atom is 0.335 e. The number of hydrogen-bond donors (Lipinski definition) is 1. The third-order valence-electron chi connectivity index (χ3n) is 3.13. The van der Waals surface area contributed by atoms with Crippen LogP contribution in [0.15, 0.2) is 18.2 Å². The highest BCUT2D eigenvalue weighted by atomic mass is 19.1. The zero-order chi connectivity index (χ0) is 12.7. The molecule has 0 amide bonds. The first kappa shape index (κ1) is 11.2. The molecule has 1 aromatic heterocycles. The van der Waals surface area contributed by atoms with Crippen molar-refractivity contribution in [1.82, 2.24) is 9.55 Å². The van der Waals surface area contributed by atoms with E-state index in [0.717, 1.165) is 6.42 Å². The minimum absolute atomic E-state index is 0.00890. The fourth-order valence-electron chi connectivity index (χ4n) is 2.03. The number of aromatic carboxylic acids is 1. The zero-order valence-electron chi connectivity index (χ0n) is 9.47. The second kappa shape index (κ2) is 4.06. The Hall–Kier alpha value is -1.95. The van der Waals surface area contributed by atoms with Crippen LogP contribution in [-0.2, 0) is 11.3 Å². The molecule has 0 aliphatic carbocycles. The Morgan fingerprint density at radius 2 is 2.39 bits per heavy atom. The van der Waals surface area contributed by atoms with Crippen molar-refractivity contribution in [3.63, 3.8) is 0 Å². The van der Waals surface area contributed by atoms with E-state index in [1.54, 1.807) is 0 Å². The van der Waals surface area contributed by atoms with Gasteiger partial charge in [0.15, 0.2) is 0 Å². The Labute approximate surface area is 102 Å². The van der Waals surface area contributed by atoms with E-state index in [4.69, 9.17) is 9.84 Å². The molecular weight excluding hydrogens is 239 g/mol. The van der Waals surface area contributed by atoms with Gasteiger partial charge in [-0.2, -0.15) is 4.39 Å².